The number of nitrogens with zero attached hydrogens (tertiary/aromatic N) is 4. The van der Waals surface area contributed by atoms with E-state index in [0.717, 1.165) is 16.4 Å². The van der Waals surface area contributed by atoms with Crippen LogP contribution in [0.5, 0.6) is 5.75 Å². The zero-order valence-corrected chi connectivity index (χ0v) is 14.2. The summed E-state index contributed by atoms with van der Waals surface area (Å²) in [5.41, 5.74) is 5.18. The fourth-order valence-corrected chi connectivity index (χ4v) is 2.19. The van der Waals surface area contributed by atoms with Gasteiger partial charge in [0.05, 0.1) is 7.11 Å². The highest BCUT2D eigenvalue weighted by Gasteiger charge is 2.12. The van der Waals surface area contributed by atoms with Gasteiger partial charge in [-0.2, -0.15) is 4.80 Å². The molecule has 0 radical (unpaired) electrons. The van der Waals surface area contributed by atoms with Gasteiger partial charge in [-0.1, -0.05) is 30.3 Å². The fraction of sp³-hybridized carbons (Fsp3) is 0.118. The minimum Gasteiger partial charge on any atom is -0.494 e. The summed E-state index contributed by atoms with van der Waals surface area (Å²) in [6, 6.07) is 12.8. The van der Waals surface area contributed by atoms with Crippen molar-refractivity contribution in [1.29, 1.82) is 0 Å². The van der Waals surface area contributed by atoms with Gasteiger partial charge in [0.2, 0.25) is 5.82 Å². The molecule has 0 aliphatic heterocycles. The van der Waals surface area contributed by atoms with Crippen molar-refractivity contribution < 1.29 is 18.7 Å². The first-order chi connectivity index (χ1) is 13.1. The first-order valence-electron chi connectivity index (χ1n) is 7.83. The summed E-state index contributed by atoms with van der Waals surface area (Å²) in [7, 11) is 1.32. The van der Waals surface area contributed by atoms with E-state index in [9.17, 15) is 14.0 Å². The number of ether oxygens (including phenoxy) is 1. The summed E-state index contributed by atoms with van der Waals surface area (Å²) in [6.07, 6.45) is 0. The third-order valence-electron chi connectivity index (χ3n) is 3.50. The standard InChI is InChI=1S/C17H15FN6O3/c1-27-14-8-7-12(9-13(14)18)17(26)21-19-15(25)10-24-22-16(20-23-24)11-5-3-2-4-6-11/h2-9H,10H2,1H3,(H,19,25)(H,21,26). The third kappa shape index (κ3) is 4.42. The van der Waals surface area contributed by atoms with Crippen LogP contribution in [0.3, 0.4) is 0 Å². The zero-order chi connectivity index (χ0) is 19.2. The summed E-state index contributed by atoms with van der Waals surface area (Å²) in [5.74, 6) is -1.55. The van der Waals surface area contributed by atoms with Crippen molar-refractivity contribution in [2.24, 2.45) is 0 Å². The van der Waals surface area contributed by atoms with Crippen molar-refractivity contribution in [3.05, 3.63) is 59.9 Å². The van der Waals surface area contributed by atoms with E-state index in [1.807, 2.05) is 30.3 Å². The molecule has 3 rings (SSSR count). The van der Waals surface area contributed by atoms with Gasteiger partial charge in [-0.25, -0.2) is 4.39 Å². The molecule has 0 fully saturated rings. The highest BCUT2D eigenvalue weighted by molar-refractivity contribution is 5.95. The van der Waals surface area contributed by atoms with E-state index in [0.29, 0.717) is 5.82 Å². The van der Waals surface area contributed by atoms with Crippen LogP contribution in [0, 0.1) is 5.82 Å². The Labute approximate surface area is 153 Å². The summed E-state index contributed by atoms with van der Waals surface area (Å²) in [5, 5.41) is 11.8. The Morgan fingerprint density at radius 3 is 2.63 bits per heavy atom. The van der Waals surface area contributed by atoms with Crippen LogP contribution < -0.4 is 15.6 Å². The van der Waals surface area contributed by atoms with E-state index < -0.39 is 17.6 Å². The van der Waals surface area contributed by atoms with Gasteiger partial charge in [0.1, 0.15) is 6.54 Å². The number of nitrogens with one attached hydrogen (secondary N) is 2. The van der Waals surface area contributed by atoms with Crippen molar-refractivity contribution in [2.75, 3.05) is 7.11 Å². The molecule has 2 aromatic carbocycles. The SMILES string of the molecule is COc1ccc(C(=O)NNC(=O)Cn2nnc(-c3ccccc3)n2)cc1F. The van der Waals surface area contributed by atoms with Crippen LogP contribution in [0.1, 0.15) is 10.4 Å². The number of carbonyl (C=O) groups is 2. The van der Waals surface area contributed by atoms with Gasteiger partial charge in [0.15, 0.2) is 11.6 Å². The smallest absolute Gasteiger partial charge is 0.269 e. The second-order valence-corrected chi connectivity index (χ2v) is 5.36. The van der Waals surface area contributed by atoms with Gasteiger partial charge < -0.3 is 4.74 Å². The van der Waals surface area contributed by atoms with Crippen molar-refractivity contribution in [1.82, 2.24) is 31.1 Å². The molecule has 0 bridgehead atoms. The second kappa shape index (κ2) is 8.04. The maximum Gasteiger partial charge on any atom is 0.269 e. The van der Waals surface area contributed by atoms with Gasteiger partial charge in [-0.15, -0.1) is 10.2 Å². The summed E-state index contributed by atoms with van der Waals surface area (Å²) < 4.78 is 18.4. The Morgan fingerprint density at radius 1 is 1.15 bits per heavy atom. The normalized spacial score (nSPS) is 10.3. The molecule has 3 aromatic rings. The molecule has 2 amide bonds. The number of tetrazole rings is 1. The van der Waals surface area contributed by atoms with Gasteiger partial charge in [0.25, 0.3) is 11.8 Å². The van der Waals surface area contributed by atoms with Crippen molar-refractivity contribution in [3.63, 3.8) is 0 Å². The van der Waals surface area contributed by atoms with E-state index >= 15 is 0 Å². The number of hydrogen-bond donors (Lipinski definition) is 2. The molecular weight excluding hydrogens is 355 g/mol. The van der Waals surface area contributed by atoms with Crippen LogP contribution in [0.4, 0.5) is 4.39 Å². The molecule has 2 N–H and O–H groups in total. The maximum absolute atomic E-state index is 13.6. The topological polar surface area (TPSA) is 111 Å². The van der Waals surface area contributed by atoms with Gasteiger partial charge in [0, 0.05) is 11.1 Å². The number of hydrogen-bond acceptors (Lipinski definition) is 6. The third-order valence-corrected chi connectivity index (χ3v) is 3.50. The molecule has 0 spiro atoms. The molecule has 0 saturated carbocycles. The number of aromatic nitrogens is 4. The molecule has 138 valence electrons. The first kappa shape index (κ1) is 18.0. The Kier molecular flexibility index (Phi) is 5.36. The molecule has 0 aliphatic rings. The van der Waals surface area contributed by atoms with Crippen LogP contribution in [-0.4, -0.2) is 39.1 Å². The molecule has 1 heterocycles. The van der Waals surface area contributed by atoms with Crippen molar-refractivity contribution in [3.8, 4) is 17.1 Å². The van der Waals surface area contributed by atoms with Gasteiger partial charge in [-0.3, -0.25) is 20.4 Å². The highest BCUT2D eigenvalue weighted by atomic mass is 19.1. The maximum atomic E-state index is 13.6. The van der Waals surface area contributed by atoms with Gasteiger partial charge in [-0.05, 0) is 23.4 Å². The number of carbonyl (C=O) groups excluding carboxylic acids is 2. The molecule has 10 heteroatoms. The Balaban J connectivity index is 1.55. The lowest BCUT2D eigenvalue weighted by Crippen LogP contribution is -2.43. The van der Waals surface area contributed by atoms with E-state index in [2.05, 4.69) is 26.3 Å². The van der Waals surface area contributed by atoms with Crippen LogP contribution in [0.15, 0.2) is 48.5 Å². The Morgan fingerprint density at radius 2 is 1.93 bits per heavy atom. The van der Waals surface area contributed by atoms with Crippen LogP contribution in [0.2, 0.25) is 0 Å². The highest BCUT2D eigenvalue weighted by Crippen LogP contribution is 2.17. The monoisotopic (exact) mass is 370 g/mol. The van der Waals surface area contributed by atoms with Crippen LogP contribution >= 0.6 is 0 Å². The lowest BCUT2D eigenvalue weighted by Gasteiger charge is -2.08. The number of hydrazine groups is 1. The van der Waals surface area contributed by atoms with E-state index in [1.54, 1.807) is 0 Å². The summed E-state index contributed by atoms with van der Waals surface area (Å²) in [4.78, 5) is 25.0. The molecule has 27 heavy (non-hydrogen) atoms. The van der Waals surface area contributed by atoms with Crippen molar-refractivity contribution >= 4 is 11.8 Å². The number of amides is 2. The Bertz CT molecular complexity index is 960. The number of halogens is 1. The van der Waals surface area contributed by atoms with Crippen LogP contribution in [-0.2, 0) is 11.3 Å². The average molecular weight is 370 g/mol. The minimum atomic E-state index is -0.684. The minimum absolute atomic E-state index is 0.0158. The largest absolute Gasteiger partial charge is 0.494 e. The molecule has 9 nitrogen and oxygen atoms in total. The second-order valence-electron chi connectivity index (χ2n) is 5.36. The van der Waals surface area contributed by atoms with E-state index in [-0.39, 0.29) is 17.9 Å². The lowest BCUT2D eigenvalue weighted by molar-refractivity contribution is -0.122. The predicted molar refractivity (Wildman–Crippen MR) is 91.8 cm³/mol. The quantitative estimate of drug-likeness (QED) is 0.647. The first-order valence-corrected chi connectivity index (χ1v) is 7.83. The molecular formula is C17H15FN6O3. The molecule has 0 unspecified atom stereocenters. The molecule has 1 aromatic heterocycles. The van der Waals surface area contributed by atoms with E-state index in [4.69, 9.17) is 4.74 Å². The van der Waals surface area contributed by atoms with Gasteiger partial charge >= 0.3 is 0 Å². The molecule has 0 saturated heterocycles. The van der Waals surface area contributed by atoms with Crippen molar-refractivity contribution in [2.45, 2.75) is 6.54 Å². The number of benzene rings is 2. The molecule has 0 atom stereocenters. The zero-order valence-electron chi connectivity index (χ0n) is 14.2. The lowest BCUT2D eigenvalue weighted by atomic mass is 10.2. The predicted octanol–water partition coefficient (Wildman–Crippen LogP) is 0.949. The number of methoxy groups -OCH3 is 1. The number of rotatable bonds is 5. The van der Waals surface area contributed by atoms with E-state index in [1.165, 1.54) is 19.2 Å². The summed E-state index contributed by atoms with van der Waals surface area (Å²) >= 11 is 0. The Hall–Kier alpha value is -3.82. The molecule has 0 aliphatic carbocycles. The fourth-order valence-electron chi connectivity index (χ4n) is 2.19. The average Bonchev–Trinajstić information content (AvgIpc) is 3.15. The van der Waals surface area contributed by atoms with Crippen LogP contribution in [0.25, 0.3) is 11.4 Å². The summed E-state index contributed by atoms with van der Waals surface area (Å²) in [6.45, 7) is -0.253.